The molecule has 8 bridgehead atoms. The maximum Gasteiger partial charge on any atom is 0 e. The Bertz CT molecular complexity index is 1930. The fraction of sp³-hybridized carbons (Fsp3) is 0.774. The zero-order chi connectivity index (χ0) is 40.6. The summed E-state index contributed by atoms with van der Waals surface area (Å²) in [6.07, 6.45) is 50.1. The van der Waals surface area contributed by atoms with Gasteiger partial charge >= 0.3 is 0 Å². The minimum Gasteiger partial charge on any atom is -0.520 e. The number of allylic oxidation sites excluding steroid dienone is 6. The zero-order valence-electron chi connectivity index (χ0n) is 40.5. The van der Waals surface area contributed by atoms with Crippen molar-refractivity contribution in [3.63, 3.8) is 0 Å². The number of hydrogen-bond donors (Lipinski definition) is 0. The molecule has 34 unspecified atom stereocenters. The van der Waals surface area contributed by atoms with Gasteiger partial charge in [0.1, 0.15) is 0 Å². The van der Waals surface area contributed by atoms with Crippen LogP contribution in [0.2, 0.25) is 0 Å². The van der Waals surface area contributed by atoms with Crippen molar-refractivity contribution in [2.45, 2.75) is 90.9 Å². The molecular weight excluding hydrogens is 1100 g/mol. The van der Waals surface area contributed by atoms with Crippen LogP contribution in [0.25, 0.3) is 0 Å². The molecule has 66 heavy (non-hydrogen) atoms. The predicted molar refractivity (Wildman–Crippen MR) is 247 cm³/mol. The van der Waals surface area contributed by atoms with Crippen LogP contribution in [0.4, 0.5) is 0 Å². The van der Waals surface area contributed by atoms with E-state index < -0.39 is 0 Å². The van der Waals surface area contributed by atoms with Gasteiger partial charge in [0.05, 0.1) is 0 Å². The molecule has 0 aromatic heterocycles. The topological polar surface area (TPSA) is 0 Å². The van der Waals surface area contributed by atoms with Gasteiger partial charge in [-0.05, 0) is 140 Å². The minimum atomic E-state index is 0. The second kappa shape index (κ2) is 18.5. The Morgan fingerprint density at radius 1 is 0.364 bits per heavy atom. The smallest absolute Gasteiger partial charge is 0 e. The van der Waals surface area contributed by atoms with E-state index >= 15 is 0 Å². The monoisotopic (exact) mass is 1180 g/mol. The quantitative estimate of drug-likeness (QED) is 0.143. The third-order valence-corrected chi connectivity index (χ3v) is 25.6. The number of fused-ring (bicyclic) bond motifs is 20. The molecular formula is C62H78Y4-8. The summed E-state index contributed by atoms with van der Waals surface area (Å²) in [5.41, 5.74) is 0. The molecule has 0 aliphatic heterocycles. The summed E-state index contributed by atoms with van der Waals surface area (Å²) in [6.45, 7) is 17.7. The van der Waals surface area contributed by atoms with Gasteiger partial charge < -0.3 is 51.7 Å². The van der Waals surface area contributed by atoms with E-state index in [2.05, 4.69) is 88.8 Å². The molecule has 0 amide bonds. The summed E-state index contributed by atoms with van der Waals surface area (Å²) in [4.78, 5) is 0. The van der Waals surface area contributed by atoms with Gasteiger partial charge in [0.2, 0.25) is 0 Å². The summed E-state index contributed by atoms with van der Waals surface area (Å²) in [7, 11) is 0. The van der Waals surface area contributed by atoms with Gasteiger partial charge in [-0.3, -0.25) is 12.2 Å². The van der Waals surface area contributed by atoms with Crippen LogP contribution < -0.4 is 0 Å². The van der Waals surface area contributed by atoms with Crippen molar-refractivity contribution in [2.24, 2.45) is 201 Å². The maximum absolute atomic E-state index is 6.48. The van der Waals surface area contributed by atoms with Crippen molar-refractivity contribution in [1.29, 1.82) is 0 Å². The van der Waals surface area contributed by atoms with Gasteiger partial charge in [-0.2, -0.15) is 47.3 Å². The van der Waals surface area contributed by atoms with E-state index in [9.17, 15) is 0 Å². The molecule has 4 heteroatoms. The summed E-state index contributed by atoms with van der Waals surface area (Å²) >= 11 is 0. The molecule has 0 heterocycles. The van der Waals surface area contributed by atoms with Crippen LogP contribution in [-0.4, -0.2) is 0 Å². The predicted octanol–water partition coefficient (Wildman–Crippen LogP) is 13.2. The molecule has 0 spiro atoms. The molecule has 0 aromatic carbocycles. The molecule has 16 aliphatic rings. The van der Waals surface area contributed by atoms with Gasteiger partial charge in [0.25, 0.3) is 0 Å². The van der Waals surface area contributed by atoms with Crippen LogP contribution in [0.1, 0.15) is 90.9 Å². The van der Waals surface area contributed by atoms with Gasteiger partial charge in [-0.1, -0.05) is 104 Å². The molecule has 0 saturated heterocycles. The van der Waals surface area contributed by atoms with Gasteiger partial charge in [-0.25, -0.2) is 24.7 Å². The molecule has 34 atom stereocenters. The summed E-state index contributed by atoms with van der Waals surface area (Å²) < 4.78 is 0. The molecule has 16 rings (SSSR count). The first-order chi connectivity index (χ1) is 30.5. The van der Waals surface area contributed by atoms with E-state index in [-0.39, 0.29) is 131 Å². The second-order valence-corrected chi connectivity index (χ2v) is 27.2. The van der Waals surface area contributed by atoms with Crippen molar-refractivity contribution in [3.05, 3.63) is 88.1 Å². The minimum absolute atomic E-state index is 0. The summed E-state index contributed by atoms with van der Waals surface area (Å²) in [6, 6.07) is 0. The fourth-order valence-electron chi connectivity index (χ4n) is 24.2. The Morgan fingerprint density at radius 3 is 1.29 bits per heavy atom. The Hall–Kier alpha value is 3.38. The normalized spacial score (nSPS) is 63.5. The molecule has 4 radical (unpaired) electrons. The van der Waals surface area contributed by atoms with Gasteiger partial charge in [0, 0.05) is 131 Å². The fourth-order valence-corrected chi connectivity index (χ4v) is 24.2. The molecule has 0 N–H and O–H groups in total. The van der Waals surface area contributed by atoms with Crippen LogP contribution in [-0.2, 0) is 131 Å². The molecule has 346 valence electrons. The van der Waals surface area contributed by atoms with Crippen LogP contribution in [0, 0.1) is 253 Å². The van der Waals surface area contributed by atoms with Crippen molar-refractivity contribution in [2.75, 3.05) is 0 Å². The van der Waals surface area contributed by atoms with Crippen molar-refractivity contribution in [1.82, 2.24) is 0 Å². The Morgan fingerprint density at radius 2 is 0.758 bits per heavy atom. The Balaban J connectivity index is 0.00000114. The largest absolute Gasteiger partial charge is 0.520 e. The maximum atomic E-state index is 6.48. The molecule has 0 aromatic rings. The van der Waals surface area contributed by atoms with Crippen LogP contribution in [0.15, 0.2) is 36.5 Å². The second-order valence-electron chi connectivity index (χ2n) is 27.2. The molecule has 16 saturated carbocycles. The summed E-state index contributed by atoms with van der Waals surface area (Å²) in [5.74, 6) is 31.6. The van der Waals surface area contributed by atoms with E-state index in [1.807, 2.05) is 0 Å². The van der Waals surface area contributed by atoms with Crippen LogP contribution in [0.5, 0.6) is 0 Å². The van der Waals surface area contributed by atoms with Crippen LogP contribution in [0.3, 0.4) is 0 Å². The third-order valence-electron chi connectivity index (χ3n) is 25.6. The average Bonchev–Trinajstić information content (AvgIpc) is 4.12. The SMILES string of the molecule is [CH-]=CC1[CH-]C2CC1C1C(C=CC)CC(C3CC3C3CC(C=CC4CC(C5CC5C5CC(C)C6C7[CH-]C(C8[CH-]C8)C(C7)C56)C5C6[CH-]C(C7[CH-]C7)C(C6)C45)C4C5[CH-]C(C=[CH-])C(C5)C34)C21.[Y].[Y].[Y].[Y]. The van der Waals surface area contributed by atoms with E-state index in [1.165, 1.54) is 38.5 Å². The van der Waals surface area contributed by atoms with Crippen molar-refractivity contribution >= 4 is 0 Å². The van der Waals surface area contributed by atoms with E-state index in [0.717, 1.165) is 189 Å². The third kappa shape index (κ3) is 7.32. The van der Waals surface area contributed by atoms with Gasteiger partial charge in [0.15, 0.2) is 0 Å². The number of rotatable bonds is 11. The van der Waals surface area contributed by atoms with E-state index in [0.29, 0.717) is 11.8 Å². The summed E-state index contributed by atoms with van der Waals surface area (Å²) in [5, 5.41) is 0. The first kappa shape index (κ1) is 50.2. The molecule has 16 aliphatic carbocycles. The van der Waals surface area contributed by atoms with Gasteiger partial charge in [-0.15, -0.1) is 0 Å². The first-order valence-corrected chi connectivity index (χ1v) is 28.0. The first-order valence-electron chi connectivity index (χ1n) is 28.0. The van der Waals surface area contributed by atoms with E-state index in [4.69, 9.17) is 13.2 Å². The zero-order valence-corrected chi connectivity index (χ0v) is 51.9. The molecule has 16 fully saturated rings. The van der Waals surface area contributed by atoms with Crippen LogP contribution >= 0.6 is 0 Å². The van der Waals surface area contributed by atoms with Crippen molar-refractivity contribution in [3.8, 4) is 0 Å². The van der Waals surface area contributed by atoms with Crippen molar-refractivity contribution < 1.29 is 131 Å². The Labute approximate surface area is 504 Å². The Kier molecular flexibility index (Phi) is 14.1. The number of hydrogen-bond acceptors (Lipinski definition) is 0. The standard InChI is InChI=1S/C62H78.4Y/c1-5-8-34-18-52(59-38-17-30(6-2)43(24-38)57(34)59)47-28-48(47)54-19-35(56-37-16-31(7-3)44(23-37)61(54)56)13-14-36-20-53(60-40-22-41(32-9-10-32)50(26-40)58(36)60)46-27-45(46)49-15-29(4)55-39-21-42(33-11-12-33)51(25-39)62(49)55;;;;/h2-3,5-9,11,13-14,16-17,21-22,29-62H,10,12,15,18-20,23-28H2,1,4H3;;;;/q-8;;;;. The molecule has 0 nitrogen and oxygen atoms in total. The average molecular weight is 1180 g/mol. The van der Waals surface area contributed by atoms with E-state index in [1.54, 1.807) is 38.5 Å².